The molecule has 0 radical (unpaired) electrons. The van der Waals surface area contributed by atoms with E-state index < -0.39 is 0 Å². The van der Waals surface area contributed by atoms with Gasteiger partial charge in [0.1, 0.15) is 0 Å². The molecule has 5 nitrogen and oxygen atoms in total. The first-order valence-electron chi connectivity index (χ1n) is 7.76. The molecule has 0 unspecified atom stereocenters. The number of hydrogen-bond donors (Lipinski definition) is 1. The van der Waals surface area contributed by atoms with Crippen LogP contribution in [0.2, 0.25) is 0 Å². The van der Waals surface area contributed by atoms with Gasteiger partial charge in [-0.1, -0.05) is 12.1 Å². The van der Waals surface area contributed by atoms with Crippen LogP contribution in [0.15, 0.2) is 23.0 Å². The van der Waals surface area contributed by atoms with E-state index in [0.29, 0.717) is 17.8 Å². The van der Waals surface area contributed by atoms with E-state index in [9.17, 15) is 0 Å². The maximum Gasteiger partial charge on any atom is 0.230 e. The predicted molar refractivity (Wildman–Crippen MR) is 81.0 cm³/mol. The second-order valence-corrected chi connectivity index (χ2v) is 5.68. The number of nitrogens with zero attached hydrogens (tertiary/aromatic N) is 3. The van der Waals surface area contributed by atoms with Gasteiger partial charge in [-0.3, -0.25) is 4.98 Å². The Morgan fingerprint density at radius 3 is 2.81 bits per heavy atom. The zero-order chi connectivity index (χ0) is 14.7. The molecule has 112 valence electrons. The Morgan fingerprint density at radius 1 is 1.29 bits per heavy atom. The molecular formula is C16H22N4O. The number of nitrogens with one attached hydrogen (secondary N) is 1. The number of rotatable bonds is 4. The van der Waals surface area contributed by atoms with Crippen molar-refractivity contribution in [2.45, 2.75) is 51.0 Å². The standard InChI is InChI=1S/C16H22N4O/c1-3-11-10-18-9-8-14(11)15-19-16(21-20-15)12-4-6-13(17-2)7-5-12/h8-10,12-13,17H,3-7H2,1-2H3. The SMILES string of the molecule is CCc1cnccc1-c1noc(C2CCC(NC)CC2)n1. The van der Waals surface area contributed by atoms with Crippen LogP contribution in [-0.2, 0) is 6.42 Å². The predicted octanol–water partition coefficient (Wildman–Crippen LogP) is 2.94. The summed E-state index contributed by atoms with van der Waals surface area (Å²) in [6.45, 7) is 2.11. The topological polar surface area (TPSA) is 63.8 Å². The van der Waals surface area contributed by atoms with Gasteiger partial charge < -0.3 is 9.84 Å². The number of aryl methyl sites for hydroxylation is 1. The average Bonchev–Trinajstić information content (AvgIpc) is 3.04. The molecule has 2 aromatic rings. The largest absolute Gasteiger partial charge is 0.339 e. The van der Waals surface area contributed by atoms with Crippen molar-refractivity contribution < 1.29 is 4.52 Å². The van der Waals surface area contributed by atoms with E-state index in [1.54, 1.807) is 6.20 Å². The summed E-state index contributed by atoms with van der Waals surface area (Å²) in [4.78, 5) is 8.80. The molecule has 0 spiro atoms. The molecule has 1 aliphatic rings. The molecule has 5 heteroatoms. The van der Waals surface area contributed by atoms with Gasteiger partial charge in [-0.25, -0.2) is 0 Å². The first-order chi connectivity index (χ1) is 10.3. The van der Waals surface area contributed by atoms with Crippen LogP contribution >= 0.6 is 0 Å². The minimum absolute atomic E-state index is 0.405. The van der Waals surface area contributed by atoms with Crippen molar-refractivity contribution in [3.05, 3.63) is 29.9 Å². The third kappa shape index (κ3) is 2.97. The van der Waals surface area contributed by atoms with Crippen LogP contribution in [0.1, 0.15) is 50.0 Å². The van der Waals surface area contributed by atoms with Gasteiger partial charge >= 0.3 is 0 Å². The van der Waals surface area contributed by atoms with Gasteiger partial charge in [0.25, 0.3) is 0 Å². The van der Waals surface area contributed by atoms with E-state index in [1.807, 2.05) is 19.3 Å². The molecule has 2 aromatic heterocycles. The quantitative estimate of drug-likeness (QED) is 0.936. The minimum Gasteiger partial charge on any atom is -0.339 e. The van der Waals surface area contributed by atoms with Crippen molar-refractivity contribution in [3.63, 3.8) is 0 Å². The number of aromatic nitrogens is 3. The molecule has 1 saturated carbocycles. The highest BCUT2D eigenvalue weighted by molar-refractivity contribution is 5.58. The minimum atomic E-state index is 0.405. The Morgan fingerprint density at radius 2 is 2.10 bits per heavy atom. The highest BCUT2D eigenvalue weighted by atomic mass is 16.5. The van der Waals surface area contributed by atoms with Gasteiger partial charge in [-0.05, 0) is 50.8 Å². The zero-order valence-electron chi connectivity index (χ0n) is 12.7. The summed E-state index contributed by atoms with van der Waals surface area (Å²) in [5.74, 6) is 1.89. The molecule has 0 saturated heterocycles. The maximum atomic E-state index is 5.52. The van der Waals surface area contributed by atoms with Gasteiger partial charge in [-0.2, -0.15) is 4.98 Å². The van der Waals surface area contributed by atoms with E-state index in [1.165, 1.54) is 12.8 Å². The number of hydrogen-bond acceptors (Lipinski definition) is 5. The summed E-state index contributed by atoms with van der Waals surface area (Å²) in [5, 5.41) is 7.53. The molecule has 3 rings (SSSR count). The smallest absolute Gasteiger partial charge is 0.230 e. The summed E-state index contributed by atoms with van der Waals surface area (Å²) in [7, 11) is 2.03. The second-order valence-electron chi connectivity index (χ2n) is 5.68. The lowest BCUT2D eigenvalue weighted by Gasteiger charge is -2.25. The van der Waals surface area contributed by atoms with Crippen LogP contribution in [0.4, 0.5) is 0 Å². The highest BCUT2D eigenvalue weighted by Crippen LogP contribution is 2.33. The van der Waals surface area contributed by atoms with Crippen LogP contribution in [0.3, 0.4) is 0 Å². The van der Waals surface area contributed by atoms with E-state index in [0.717, 1.165) is 36.3 Å². The van der Waals surface area contributed by atoms with Gasteiger partial charge in [0.15, 0.2) is 0 Å². The molecule has 1 N–H and O–H groups in total. The van der Waals surface area contributed by atoms with Crippen molar-refractivity contribution >= 4 is 0 Å². The van der Waals surface area contributed by atoms with E-state index in [-0.39, 0.29) is 0 Å². The number of pyridine rings is 1. The first-order valence-corrected chi connectivity index (χ1v) is 7.76. The summed E-state index contributed by atoms with van der Waals surface area (Å²) < 4.78 is 5.52. The van der Waals surface area contributed by atoms with Gasteiger partial charge in [0.05, 0.1) is 0 Å². The summed E-state index contributed by atoms with van der Waals surface area (Å²) in [6, 6.07) is 2.60. The molecule has 1 aliphatic carbocycles. The van der Waals surface area contributed by atoms with Crippen LogP contribution < -0.4 is 5.32 Å². The monoisotopic (exact) mass is 286 g/mol. The molecule has 0 amide bonds. The van der Waals surface area contributed by atoms with Crippen molar-refractivity contribution in [1.29, 1.82) is 0 Å². The summed E-state index contributed by atoms with van der Waals surface area (Å²) >= 11 is 0. The molecule has 0 bridgehead atoms. The molecular weight excluding hydrogens is 264 g/mol. The second kappa shape index (κ2) is 6.35. The van der Waals surface area contributed by atoms with Crippen LogP contribution in [0.25, 0.3) is 11.4 Å². The van der Waals surface area contributed by atoms with Gasteiger partial charge in [0, 0.05) is 29.9 Å². The third-order valence-corrected chi connectivity index (χ3v) is 4.45. The first kappa shape index (κ1) is 14.2. The Bertz CT molecular complexity index is 587. The lowest BCUT2D eigenvalue weighted by molar-refractivity contribution is 0.289. The normalized spacial score (nSPS) is 22.4. The van der Waals surface area contributed by atoms with Crippen molar-refractivity contribution in [2.75, 3.05) is 7.05 Å². The van der Waals surface area contributed by atoms with Crippen molar-refractivity contribution in [2.24, 2.45) is 0 Å². The van der Waals surface area contributed by atoms with Crippen molar-refractivity contribution in [3.8, 4) is 11.4 Å². The van der Waals surface area contributed by atoms with Crippen LogP contribution in [0.5, 0.6) is 0 Å². The molecule has 0 aliphatic heterocycles. The average molecular weight is 286 g/mol. The van der Waals surface area contributed by atoms with E-state index in [2.05, 4.69) is 27.4 Å². The Hall–Kier alpha value is -1.75. The highest BCUT2D eigenvalue weighted by Gasteiger charge is 2.26. The fourth-order valence-corrected chi connectivity index (χ4v) is 3.07. The lowest BCUT2D eigenvalue weighted by Crippen LogP contribution is -2.29. The fourth-order valence-electron chi connectivity index (χ4n) is 3.07. The van der Waals surface area contributed by atoms with Gasteiger partial charge in [-0.15, -0.1) is 0 Å². The van der Waals surface area contributed by atoms with Gasteiger partial charge in [0.2, 0.25) is 11.7 Å². The zero-order valence-corrected chi connectivity index (χ0v) is 12.7. The Labute approximate surface area is 125 Å². The third-order valence-electron chi connectivity index (χ3n) is 4.45. The fraction of sp³-hybridized carbons (Fsp3) is 0.562. The molecule has 2 heterocycles. The van der Waals surface area contributed by atoms with Crippen LogP contribution in [0, 0.1) is 0 Å². The van der Waals surface area contributed by atoms with E-state index >= 15 is 0 Å². The maximum absolute atomic E-state index is 5.52. The molecule has 0 atom stereocenters. The lowest BCUT2D eigenvalue weighted by atomic mass is 9.86. The molecule has 0 aromatic carbocycles. The molecule has 21 heavy (non-hydrogen) atoms. The molecule has 1 fully saturated rings. The van der Waals surface area contributed by atoms with Crippen LogP contribution in [-0.4, -0.2) is 28.2 Å². The summed E-state index contributed by atoms with van der Waals surface area (Å²) in [6.07, 6.45) is 9.16. The van der Waals surface area contributed by atoms with E-state index in [4.69, 9.17) is 4.52 Å². The van der Waals surface area contributed by atoms with Crippen molar-refractivity contribution in [1.82, 2.24) is 20.4 Å². The summed E-state index contributed by atoms with van der Waals surface area (Å²) in [5.41, 5.74) is 2.19. The Balaban J connectivity index is 1.78. The Kier molecular flexibility index (Phi) is 4.29.